The molecule has 0 aliphatic carbocycles. The van der Waals surface area contributed by atoms with Crippen molar-refractivity contribution in [1.82, 2.24) is 9.47 Å². The Balaban J connectivity index is 1.52. The van der Waals surface area contributed by atoms with Crippen molar-refractivity contribution < 1.29 is 5.11 Å². The minimum Gasteiger partial charge on any atom is -0.395 e. The summed E-state index contributed by atoms with van der Waals surface area (Å²) in [6.45, 7) is 10.9. The van der Waals surface area contributed by atoms with E-state index in [0.29, 0.717) is 12.5 Å². The van der Waals surface area contributed by atoms with Crippen molar-refractivity contribution in [2.45, 2.75) is 52.6 Å². The van der Waals surface area contributed by atoms with E-state index in [9.17, 15) is 5.11 Å². The van der Waals surface area contributed by atoms with Gasteiger partial charge in [-0.15, -0.1) is 0 Å². The highest BCUT2D eigenvalue weighted by Crippen LogP contribution is 2.34. The van der Waals surface area contributed by atoms with E-state index in [1.54, 1.807) is 5.56 Å². The monoisotopic (exact) mass is 376 g/mol. The number of aromatic nitrogens is 1. The predicted octanol–water partition coefficient (Wildman–Crippen LogP) is 4.94. The molecule has 1 saturated heterocycles. The van der Waals surface area contributed by atoms with Crippen LogP contribution >= 0.6 is 0 Å². The highest BCUT2D eigenvalue weighted by molar-refractivity contribution is 5.85. The van der Waals surface area contributed by atoms with Crippen LogP contribution in [0.4, 0.5) is 0 Å². The molecule has 0 amide bonds. The minimum absolute atomic E-state index is 0.181. The van der Waals surface area contributed by atoms with Crippen molar-refractivity contribution in [3.63, 3.8) is 0 Å². The van der Waals surface area contributed by atoms with Crippen LogP contribution in [0, 0.1) is 20.8 Å². The highest BCUT2D eigenvalue weighted by atomic mass is 16.3. The molecule has 3 aromatic rings. The van der Waals surface area contributed by atoms with Crippen LogP contribution in [-0.2, 0) is 13.1 Å². The number of rotatable bonds is 5. The summed E-state index contributed by atoms with van der Waals surface area (Å²) in [7, 11) is 0. The Kier molecular flexibility index (Phi) is 5.56. The molecule has 1 aliphatic rings. The van der Waals surface area contributed by atoms with Crippen molar-refractivity contribution in [2.75, 3.05) is 19.7 Å². The number of aliphatic hydroxyl groups is 1. The standard InChI is InChI=1S/C25H32N2O/c1-18-7-6-8-19(2)25(18)21-11-13-26(14-12-21)17-23-20(3)27(15-16-28)24-10-5-4-9-22(23)24/h4-10,21,28H,11-17H2,1-3H3. The predicted molar refractivity (Wildman–Crippen MR) is 117 cm³/mol. The molecule has 3 nitrogen and oxygen atoms in total. The van der Waals surface area contributed by atoms with Gasteiger partial charge in [-0.1, -0.05) is 36.4 Å². The largest absolute Gasteiger partial charge is 0.395 e. The van der Waals surface area contributed by atoms with Crippen molar-refractivity contribution in [1.29, 1.82) is 0 Å². The summed E-state index contributed by atoms with van der Waals surface area (Å²) < 4.78 is 2.27. The fourth-order valence-corrected chi connectivity index (χ4v) is 5.17. The van der Waals surface area contributed by atoms with Crippen LogP contribution in [0.2, 0.25) is 0 Å². The van der Waals surface area contributed by atoms with Gasteiger partial charge in [0.25, 0.3) is 0 Å². The summed E-state index contributed by atoms with van der Waals surface area (Å²) in [6.07, 6.45) is 2.47. The molecule has 3 heteroatoms. The number of hydrogen-bond acceptors (Lipinski definition) is 2. The molecule has 4 rings (SSSR count). The van der Waals surface area contributed by atoms with E-state index in [0.717, 1.165) is 19.6 Å². The van der Waals surface area contributed by atoms with Crippen LogP contribution in [0.3, 0.4) is 0 Å². The first-order chi connectivity index (χ1) is 13.6. The molecule has 2 aromatic carbocycles. The zero-order valence-corrected chi connectivity index (χ0v) is 17.4. The summed E-state index contributed by atoms with van der Waals surface area (Å²) >= 11 is 0. The zero-order valence-electron chi connectivity index (χ0n) is 17.4. The summed E-state index contributed by atoms with van der Waals surface area (Å²) in [5.41, 5.74) is 8.44. The first-order valence-corrected chi connectivity index (χ1v) is 10.6. The molecule has 1 fully saturated rings. The molecule has 2 heterocycles. The van der Waals surface area contributed by atoms with Crippen LogP contribution in [-0.4, -0.2) is 34.3 Å². The lowest BCUT2D eigenvalue weighted by Crippen LogP contribution is -2.33. The molecule has 0 radical (unpaired) electrons. The molecule has 0 unspecified atom stereocenters. The second kappa shape index (κ2) is 8.10. The topological polar surface area (TPSA) is 28.4 Å². The van der Waals surface area contributed by atoms with Gasteiger partial charge in [0.05, 0.1) is 6.61 Å². The van der Waals surface area contributed by atoms with E-state index in [1.807, 2.05) is 0 Å². The molecule has 0 bridgehead atoms. The molecule has 1 aromatic heterocycles. The Morgan fingerprint density at radius 2 is 1.61 bits per heavy atom. The molecule has 0 atom stereocenters. The number of aliphatic hydroxyl groups excluding tert-OH is 1. The molecular formula is C25H32N2O. The maximum atomic E-state index is 9.49. The van der Waals surface area contributed by atoms with E-state index in [1.165, 1.54) is 46.1 Å². The van der Waals surface area contributed by atoms with E-state index in [-0.39, 0.29) is 6.61 Å². The maximum Gasteiger partial charge on any atom is 0.0610 e. The minimum atomic E-state index is 0.181. The van der Waals surface area contributed by atoms with Gasteiger partial charge in [0.15, 0.2) is 0 Å². The Labute approximate surface area is 168 Å². The van der Waals surface area contributed by atoms with Crippen LogP contribution < -0.4 is 0 Å². The summed E-state index contributed by atoms with van der Waals surface area (Å²) in [4.78, 5) is 2.61. The van der Waals surface area contributed by atoms with Crippen LogP contribution in [0.15, 0.2) is 42.5 Å². The number of piperidine rings is 1. The number of nitrogens with zero attached hydrogens (tertiary/aromatic N) is 2. The van der Waals surface area contributed by atoms with Gasteiger partial charge in [0.1, 0.15) is 0 Å². The number of fused-ring (bicyclic) bond motifs is 1. The maximum absolute atomic E-state index is 9.49. The van der Waals surface area contributed by atoms with Crippen molar-refractivity contribution in [3.05, 3.63) is 70.4 Å². The normalized spacial score (nSPS) is 16.1. The van der Waals surface area contributed by atoms with Crippen molar-refractivity contribution in [2.24, 2.45) is 0 Å². The average molecular weight is 377 g/mol. The summed E-state index contributed by atoms with van der Waals surface area (Å²) in [5, 5.41) is 10.8. The third-order valence-electron chi connectivity index (χ3n) is 6.60. The van der Waals surface area contributed by atoms with Crippen LogP contribution in [0.25, 0.3) is 10.9 Å². The second-order valence-corrected chi connectivity index (χ2v) is 8.31. The fraction of sp³-hybridized carbons (Fsp3) is 0.440. The van der Waals surface area contributed by atoms with Crippen LogP contribution in [0.5, 0.6) is 0 Å². The highest BCUT2D eigenvalue weighted by Gasteiger charge is 2.24. The molecule has 148 valence electrons. The lowest BCUT2D eigenvalue weighted by atomic mass is 9.84. The summed E-state index contributed by atoms with van der Waals surface area (Å²) in [5.74, 6) is 0.689. The first kappa shape index (κ1) is 19.2. The van der Waals surface area contributed by atoms with Gasteiger partial charge in [0.2, 0.25) is 0 Å². The van der Waals surface area contributed by atoms with Gasteiger partial charge in [0, 0.05) is 29.7 Å². The molecule has 1 N–H and O–H groups in total. The summed E-state index contributed by atoms with van der Waals surface area (Å²) in [6, 6.07) is 15.3. The van der Waals surface area contributed by atoms with E-state index in [4.69, 9.17) is 0 Å². The van der Waals surface area contributed by atoms with E-state index in [2.05, 4.69) is 72.7 Å². The third-order valence-corrected chi connectivity index (χ3v) is 6.60. The first-order valence-electron chi connectivity index (χ1n) is 10.6. The quantitative estimate of drug-likeness (QED) is 0.683. The number of aryl methyl sites for hydroxylation is 2. The average Bonchev–Trinajstić information content (AvgIpc) is 2.95. The Bertz CT molecular complexity index is 944. The number of para-hydroxylation sites is 1. The van der Waals surface area contributed by atoms with E-state index >= 15 is 0 Å². The SMILES string of the molecule is Cc1cccc(C)c1C1CCN(Cc2c(C)n(CCO)c3ccccc23)CC1. The molecule has 1 aliphatic heterocycles. The molecule has 0 saturated carbocycles. The Hall–Kier alpha value is -2.10. The van der Waals surface area contributed by atoms with E-state index < -0.39 is 0 Å². The second-order valence-electron chi connectivity index (χ2n) is 8.31. The number of benzene rings is 2. The van der Waals surface area contributed by atoms with Gasteiger partial charge in [-0.2, -0.15) is 0 Å². The van der Waals surface area contributed by atoms with Gasteiger partial charge in [-0.25, -0.2) is 0 Å². The van der Waals surface area contributed by atoms with Gasteiger partial charge in [-0.05, 0) is 80.9 Å². The molecular weight excluding hydrogens is 344 g/mol. The lowest BCUT2D eigenvalue weighted by Gasteiger charge is -2.33. The van der Waals surface area contributed by atoms with Gasteiger partial charge >= 0.3 is 0 Å². The molecule has 28 heavy (non-hydrogen) atoms. The number of likely N-dealkylation sites (tertiary alicyclic amines) is 1. The van der Waals surface area contributed by atoms with Gasteiger partial charge in [-0.3, -0.25) is 4.90 Å². The van der Waals surface area contributed by atoms with Gasteiger partial charge < -0.3 is 9.67 Å². The lowest BCUT2D eigenvalue weighted by molar-refractivity contribution is 0.204. The Morgan fingerprint density at radius 3 is 2.29 bits per heavy atom. The van der Waals surface area contributed by atoms with Crippen molar-refractivity contribution >= 4 is 10.9 Å². The number of hydrogen-bond donors (Lipinski definition) is 1. The smallest absolute Gasteiger partial charge is 0.0610 e. The third kappa shape index (κ3) is 3.49. The molecule has 0 spiro atoms. The van der Waals surface area contributed by atoms with Crippen LogP contribution in [0.1, 0.15) is 46.7 Å². The van der Waals surface area contributed by atoms with Crippen molar-refractivity contribution in [3.8, 4) is 0 Å². The fourth-order valence-electron chi connectivity index (χ4n) is 5.17. The Morgan fingerprint density at radius 1 is 0.929 bits per heavy atom. The zero-order chi connectivity index (χ0) is 19.7.